The molecule has 7 nitrogen and oxygen atoms in total. The third kappa shape index (κ3) is 2.23. The predicted octanol–water partition coefficient (Wildman–Crippen LogP) is 2.42. The van der Waals surface area contributed by atoms with E-state index in [0.717, 1.165) is 0 Å². The van der Waals surface area contributed by atoms with Crippen LogP contribution in [0.2, 0.25) is 0 Å². The van der Waals surface area contributed by atoms with Crippen molar-refractivity contribution in [1.29, 1.82) is 0 Å². The lowest BCUT2D eigenvalue weighted by molar-refractivity contribution is 0.443. The number of ether oxygens (including phenoxy) is 1. The van der Waals surface area contributed by atoms with Crippen molar-refractivity contribution < 1.29 is 4.74 Å². The van der Waals surface area contributed by atoms with Gasteiger partial charge in [-0.2, -0.15) is 9.50 Å². The van der Waals surface area contributed by atoms with Crippen LogP contribution in [0.15, 0.2) is 66.1 Å². The fourth-order valence-electron chi connectivity index (χ4n) is 2.50. The zero-order chi connectivity index (χ0) is 16.5. The Morgan fingerprint density at radius 1 is 1.17 bits per heavy atom. The Morgan fingerprint density at radius 2 is 2.00 bits per heavy atom. The predicted molar refractivity (Wildman–Crippen MR) is 89.3 cm³/mol. The third-order valence-electron chi connectivity index (χ3n) is 3.54. The number of aromatic nitrogens is 5. The van der Waals surface area contributed by atoms with Crippen LogP contribution in [0.25, 0.3) is 16.8 Å². The number of nitrogens with zero attached hydrogens (tertiary/aromatic N) is 5. The van der Waals surface area contributed by atoms with Crippen LogP contribution in [0.1, 0.15) is 0 Å². The molecule has 3 aromatic heterocycles. The molecule has 0 saturated heterocycles. The van der Waals surface area contributed by atoms with Crippen LogP contribution >= 0.6 is 0 Å². The Kier molecular flexibility index (Phi) is 3.31. The molecule has 1 aromatic carbocycles. The Bertz CT molecular complexity index is 1100. The number of benzene rings is 1. The zero-order valence-electron chi connectivity index (χ0n) is 12.7. The lowest BCUT2D eigenvalue weighted by Crippen LogP contribution is -2.23. The van der Waals surface area contributed by atoms with Gasteiger partial charge in [-0.15, -0.1) is 11.7 Å². The Hall–Kier alpha value is -3.48. The van der Waals surface area contributed by atoms with E-state index in [9.17, 15) is 4.79 Å². The zero-order valence-corrected chi connectivity index (χ0v) is 12.7. The highest BCUT2D eigenvalue weighted by atomic mass is 16.5. The molecule has 0 aliphatic carbocycles. The molecule has 0 amide bonds. The maximum absolute atomic E-state index is 12.7. The first-order valence-electron chi connectivity index (χ1n) is 7.36. The molecule has 0 aliphatic rings. The topological polar surface area (TPSA) is 74.3 Å². The molecule has 0 N–H and O–H groups in total. The summed E-state index contributed by atoms with van der Waals surface area (Å²) < 4.78 is 8.67. The molecular weight excluding hydrogens is 306 g/mol. The van der Waals surface area contributed by atoms with Crippen molar-refractivity contribution in [2.24, 2.45) is 0 Å². The van der Waals surface area contributed by atoms with Gasteiger partial charge in [0.25, 0.3) is 5.56 Å². The van der Waals surface area contributed by atoms with Crippen molar-refractivity contribution >= 4 is 16.8 Å². The van der Waals surface area contributed by atoms with Crippen molar-refractivity contribution in [3.05, 3.63) is 71.7 Å². The summed E-state index contributed by atoms with van der Waals surface area (Å²) in [4.78, 5) is 21.3. The lowest BCUT2D eigenvalue weighted by atomic mass is 10.3. The molecule has 7 heteroatoms. The van der Waals surface area contributed by atoms with E-state index in [1.54, 1.807) is 36.5 Å². The molecule has 4 aromatic rings. The fraction of sp³-hybridized carbons (Fsp3) is 0.0588. The van der Waals surface area contributed by atoms with Crippen LogP contribution in [0, 0.1) is 0 Å². The van der Waals surface area contributed by atoms with Gasteiger partial charge in [-0.3, -0.25) is 9.36 Å². The first-order valence-corrected chi connectivity index (χ1v) is 7.36. The third-order valence-corrected chi connectivity index (χ3v) is 3.54. The van der Waals surface area contributed by atoms with Crippen LogP contribution in [0.5, 0.6) is 11.8 Å². The molecule has 0 saturated carbocycles. The minimum absolute atomic E-state index is 0.150. The summed E-state index contributed by atoms with van der Waals surface area (Å²) in [6, 6.07) is 12.8. The van der Waals surface area contributed by atoms with Gasteiger partial charge in [0.1, 0.15) is 5.75 Å². The van der Waals surface area contributed by atoms with E-state index in [1.807, 2.05) is 18.2 Å². The minimum Gasteiger partial charge on any atom is -0.423 e. The molecule has 3 heterocycles. The Balaban J connectivity index is 1.97. The molecule has 0 spiro atoms. The summed E-state index contributed by atoms with van der Waals surface area (Å²) in [5.41, 5.74) is 0.248. The number of pyridine rings is 1. The minimum atomic E-state index is -0.191. The summed E-state index contributed by atoms with van der Waals surface area (Å²) >= 11 is 0. The second kappa shape index (κ2) is 5.62. The maximum atomic E-state index is 12.7. The number of rotatable bonds is 4. The standard InChI is InChI=1S/C17H13N5O2/c1-2-11-21-15(23)13-9-6-10-18-14(13)22-17(21)19-16(20-22)24-12-7-4-3-5-8-12/h2-10H,1,11H2. The molecular formula is C17H13N5O2. The summed E-state index contributed by atoms with van der Waals surface area (Å²) in [6.07, 6.45) is 3.24. The summed E-state index contributed by atoms with van der Waals surface area (Å²) in [7, 11) is 0. The van der Waals surface area contributed by atoms with E-state index in [1.165, 1.54) is 9.08 Å². The van der Waals surface area contributed by atoms with E-state index in [-0.39, 0.29) is 11.6 Å². The monoisotopic (exact) mass is 319 g/mol. The molecule has 4 rings (SSSR count). The second-order valence-electron chi connectivity index (χ2n) is 5.10. The van der Waals surface area contributed by atoms with Gasteiger partial charge in [-0.1, -0.05) is 24.3 Å². The van der Waals surface area contributed by atoms with Crippen molar-refractivity contribution in [1.82, 2.24) is 24.1 Å². The molecule has 0 unspecified atom stereocenters. The van der Waals surface area contributed by atoms with Crippen LogP contribution in [0.3, 0.4) is 0 Å². The largest absolute Gasteiger partial charge is 0.423 e. The lowest BCUT2D eigenvalue weighted by Gasteiger charge is -2.05. The van der Waals surface area contributed by atoms with E-state index < -0.39 is 0 Å². The van der Waals surface area contributed by atoms with E-state index in [0.29, 0.717) is 29.1 Å². The van der Waals surface area contributed by atoms with Gasteiger partial charge in [-0.05, 0) is 24.3 Å². The smallest absolute Gasteiger partial charge is 0.343 e. The molecule has 0 atom stereocenters. The van der Waals surface area contributed by atoms with Crippen molar-refractivity contribution in [3.8, 4) is 11.8 Å². The number of allylic oxidation sites excluding steroid dienone is 1. The number of para-hydroxylation sites is 1. The molecule has 0 bridgehead atoms. The van der Waals surface area contributed by atoms with Crippen LogP contribution in [0.4, 0.5) is 0 Å². The van der Waals surface area contributed by atoms with Crippen molar-refractivity contribution in [2.75, 3.05) is 0 Å². The number of fused-ring (bicyclic) bond motifs is 3. The van der Waals surface area contributed by atoms with Crippen molar-refractivity contribution in [2.45, 2.75) is 6.54 Å². The highest BCUT2D eigenvalue weighted by Gasteiger charge is 2.16. The van der Waals surface area contributed by atoms with Crippen LogP contribution in [-0.4, -0.2) is 24.1 Å². The molecule has 24 heavy (non-hydrogen) atoms. The first-order chi connectivity index (χ1) is 11.8. The number of hydrogen-bond donors (Lipinski definition) is 0. The van der Waals surface area contributed by atoms with Gasteiger partial charge in [0.05, 0.1) is 5.39 Å². The van der Waals surface area contributed by atoms with Crippen LogP contribution in [-0.2, 0) is 6.54 Å². The highest BCUT2D eigenvalue weighted by molar-refractivity contribution is 5.75. The van der Waals surface area contributed by atoms with Gasteiger partial charge in [0.15, 0.2) is 5.65 Å². The van der Waals surface area contributed by atoms with Gasteiger partial charge >= 0.3 is 6.01 Å². The first kappa shape index (κ1) is 14.1. The average Bonchev–Trinajstić information content (AvgIpc) is 3.03. The molecule has 118 valence electrons. The summed E-state index contributed by atoms with van der Waals surface area (Å²) in [5.74, 6) is 0.973. The van der Waals surface area contributed by atoms with E-state index in [4.69, 9.17) is 4.74 Å². The Labute approximate surface area is 136 Å². The van der Waals surface area contributed by atoms with Gasteiger partial charge < -0.3 is 4.74 Å². The average molecular weight is 319 g/mol. The fourth-order valence-corrected chi connectivity index (χ4v) is 2.50. The van der Waals surface area contributed by atoms with Crippen LogP contribution < -0.4 is 10.3 Å². The van der Waals surface area contributed by atoms with Gasteiger partial charge in [0.2, 0.25) is 5.78 Å². The van der Waals surface area contributed by atoms with E-state index in [2.05, 4.69) is 21.6 Å². The molecule has 0 fully saturated rings. The van der Waals surface area contributed by atoms with Gasteiger partial charge in [-0.25, -0.2) is 4.98 Å². The number of hydrogen-bond acceptors (Lipinski definition) is 5. The van der Waals surface area contributed by atoms with Crippen molar-refractivity contribution in [3.63, 3.8) is 0 Å². The summed E-state index contributed by atoms with van der Waals surface area (Å²) in [5, 5.41) is 4.81. The van der Waals surface area contributed by atoms with E-state index >= 15 is 0 Å². The normalized spacial score (nSPS) is 11.0. The molecule has 0 aliphatic heterocycles. The molecule has 0 radical (unpaired) electrons. The SMILES string of the molecule is C=CCn1c(=O)c2cccnc2n2nc(Oc3ccccc3)nc12. The second-order valence-corrected chi connectivity index (χ2v) is 5.10. The Morgan fingerprint density at radius 3 is 2.79 bits per heavy atom. The van der Waals surface area contributed by atoms with Gasteiger partial charge in [0, 0.05) is 12.7 Å². The maximum Gasteiger partial charge on any atom is 0.343 e. The quantitative estimate of drug-likeness (QED) is 0.540. The summed E-state index contributed by atoms with van der Waals surface area (Å²) in [6.45, 7) is 4.01. The highest BCUT2D eigenvalue weighted by Crippen LogP contribution is 2.19.